The van der Waals surface area contributed by atoms with Gasteiger partial charge in [-0.3, -0.25) is 15.6 Å². The van der Waals surface area contributed by atoms with Crippen LogP contribution < -0.4 is 25.1 Å². The molecule has 0 spiro atoms. The highest BCUT2D eigenvalue weighted by atomic mass is 16.5. The standard InChI is InChI=1S/C16H18N2O4/c1-20-13-10-9-12(14(21-2)15(13)22-3)16(19)18-17-11-7-5-4-6-8-11/h4-10,17H,1-3H3,(H,18,19). The van der Waals surface area contributed by atoms with Crippen LogP contribution in [0.1, 0.15) is 10.4 Å². The third kappa shape index (κ3) is 3.22. The third-order valence-electron chi connectivity index (χ3n) is 3.04. The predicted octanol–water partition coefficient (Wildman–Crippen LogP) is 2.47. The van der Waals surface area contributed by atoms with Gasteiger partial charge in [-0.15, -0.1) is 0 Å². The maximum atomic E-state index is 12.3. The van der Waals surface area contributed by atoms with Gasteiger partial charge >= 0.3 is 0 Å². The first kappa shape index (κ1) is 15.5. The van der Waals surface area contributed by atoms with Crippen molar-refractivity contribution in [2.75, 3.05) is 26.8 Å². The predicted molar refractivity (Wildman–Crippen MR) is 83.6 cm³/mol. The Morgan fingerprint density at radius 2 is 1.55 bits per heavy atom. The van der Waals surface area contributed by atoms with Gasteiger partial charge in [-0.2, -0.15) is 0 Å². The fourth-order valence-corrected chi connectivity index (χ4v) is 2.00. The molecule has 22 heavy (non-hydrogen) atoms. The summed E-state index contributed by atoms with van der Waals surface area (Å²) in [6.07, 6.45) is 0. The third-order valence-corrected chi connectivity index (χ3v) is 3.04. The number of rotatable bonds is 6. The monoisotopic (exact) mass is 302 g/mol. The summed E-state index contributed by atoms with van der Waals surface area (Å²) in [6, 6.07) is 12.6. The normalized spacial score (nSPS) is 9.77. The van der Waals surface area contributed by atoms with Crippen molar-refractivity contribution >= 4 is 11.6 Å². The second kappa shape index (κ2) is 7.21. The van der Waals surface area contributed by atoms with Gasteiger partial charge in [0, 0.05) is 0 Å². The van der Waals surface area contributed by atoms with E-state index in [9.17, 15) is 4.79 Å². The molecular weight excluding hydrogens is 284 g/mol. The lowest BCUT2D eigenvalue weighted by Gasteiger charge is -2.16. The molecule has 0 aliphatic carbocycles. The molecule has 0 aliphatic heterocycles. The molecule has 0 heterocycles. The van der Waals surface area contributed by atoms with Crippen molar-refractivity contribution in [3.63, 3.8) is 0 Å². The lowest BCUT2D eigenvalue weighted by atomic mass is 10.1. The average Bonchev–Trinajstić information content (AvgIpc) is 2.58. The molecule has 0 unspecified atom stereocenters. The van der Waals surface area contributed by atoms with E-state index in [4.69, 9.17) is 14.2 Å². The Balaban J connectivity index is 2.22. The van der Waals surface area contributed by atoms with E-state index < -0.39 is 0 Å². The van der Waals surface area contributed by atoms with E-state index >= 15 is 0 Å². The van der Waals surface area contributed by atoms with Gasteiger partial charge in [-0.05, 0) is 24.3 Å². The van der Waals surface area contributed by atoms with E-state index in [1.54, 1.807) is 12.1 Å². The van der Waals surface area contributed by atoms with Crippen molar-refractivity contribution in [3.8, 4) is 17.2 Å². The number of nitrogens with one attached hydrogen (secondary N) is 2. The van der Waals surface area contributed by atoms with E-state index in [1.165, 1.54) is 21.3 Å². The quantitative estimate of drug-likeness (QED) is 0.802. The molecule has 2 rings (SSSR count). The van der Waals surface area contributed by atoms with Crippen molar-refractivity contribution in [1.82, 2.24) is 5.43 Å². The van der Waals surface area contributed by atoms with Gasteiger partial charge in [0.25, 0.3) is 5.91 Å². The molecule has 0 bridgehead atoms. The Hall–Kier alpha value is -2.89. The van der Waals surface area contributed by atoms with E-state index in [0.717, 1.165) is 5.69 Å². The van der Waals surface area contributed by atoms with E-state index in [0.29, 0.717) is 22.8 Å². The van der Waals surface area contributed by atoms with Gasteiger partial charge < -0.3 is 14.2 Å². The second-order valence-corrected chi connectivity index (χ2v) is 4.33. The Morgan fingerprint density at radius 3 is 2.14 bits per heavy atom. The molecule has 0 radical (unpaired) electrons. The van der Waals surface area contributed by atoms with Gasteiger partial charge in [0.05, 0.1) is 32.6 Å². The van der Waals surface area contributed by atoms with Crippen LogP contribution in [0.3, 0.4) is 0 Å². The number of para-hydroxylation sites is 1. The summed E-state index contributed by atoms with van der Waals surface area (Å²) in [4.78, 5) is 12.3. The van der Waals surface area contributed by atoms with Crippen LogP contribution in [0.4, 0.5) is 5.69 Å². The molecular formula is C16H18N2O4. The minimum Gasteiger partial charge on any atom is -0.493 e. The number of methoxy groups -OCH3 is 3. The van der Waals surface area contributed by atoms with Crippen LogP contribution in [0, 0.1) is 0 Å². The molecule has 6 heteroatoms. The van der Waals surface area contributed by atoms with Crippen molar-refractivity contribution in [3.05, 3.63) is 48.0 Å². The largest absolute Gasteiger partial charge is 0.493 e. The first-order valence-corrected chi connectivity index (χ1v) is 6.61. The smallest absolute Gasteiger partial charge is 0.273 e. The Labute approximate surface area is 129 Å². The second-order valence-electron chi connectivity index (χ2n) is 4.33. The average molecular weight is 302 g/mol. The molecule has 0 aliphatic rings. The Bertz CT molecular complexity index is 644. The van der Waals surface area contributed by atoms with Gasteiger partial charge in [-0.1, -0.05) is 18.2 Å². The minimum atomic E-state index is -0.346. The molecule has 0 atom stereocenters. The number of carbonyl (C=O) groups excluding carboxylic acids is 1. The summed E-state index contributed by atoms with van der Waals surface area (Å²) in [7, 11) is 4.48. The molecule has 6 nitrogen and oxygen atoms in total. The first-order chi connectivity index (χ1) is 10.7. The zero-order valence-electron chi connectivity index (χ0n) is 12.7. The van der Waals surface area contributed by atoms with E-state index in [-0.39, 0.29) is 5.91 Å². The SMILES string of the molecule is COc1ccc(C(=O)NNc2ccccc2)c(OC)c1OC. The summed E-state index contributed by atoms with van der Waals surface area (Å²) in [6.45, 7) is 0. The van der Waals surface area contributed by atoms with E-state index in [2.05, 4.69) is 10.9 Å². The summed E-state index contributed by atoms with van der Waals surface area (Å²) in [5, 5.41) is 0. The molecule has 116 valence electrons. The lowest BCUT2D eigenvalue weighted by Crippen LogP contribution is -2.29. The lowest BCUT2D eigenvalue weighted by molar-refractivity contribution is 0.0959. The topological polar surface area (TPSA) is 68.8 Å². The van der Waals surface area contributed by atoms with Crippen LogP contribution >= 0.6 is 0 Å². The molecule has 0 saturated carbocycles. The van der Waals surface area contributed by atoms with Crippen LogP contribution in [0.2, 0.25) is 0 Å². The van der Waals surface area contributed by atoms with Crippen LogP contribution in [0.15, 0.2) is 42.5 Å². The van der Waals surface area contributed by atoms with E-state index in [1.807, 2.05) is 30.3 Å². The minimum absolute atomic E-state index is 0.314. The molecule has 2 aromatic rings. The number of anilines is 1. The number of hydrazine groups is 1. The molecule has 2 aromatic carbocycles. The summed E-state index contributed by atoms with van der Waals surface area (Å²) in [5.74, 6) is 0.833. The zero-order chi connectivity index (χ0) is 15.9. The number of amides is 1. The number of benzene rings is 2. The van der Waals surface area contributed by atoms with Crippen LogP contribution in [0.25, 0.3) is 0 Å². The Morgan fingerprint density at radius 1 is 0.864 bits per heavy atom. The van der Waals surface area contributed by atoms with Crippen LogP contribution in [-0.2, 0) is 0 Å². The molecule has 2 N–H and O–H groups in total. The van der Waals surface area contributed by atoms with Gasteiger partial charge in [0.2, 0.25) is 5.75 Å². The summed E-state index contributed by atoms with van der Waals surface area (Å²) < 4.78 is 15.7. The maximum Gasteiger partial charge on any atom is 0.273 e. The van der Waals surface area contributed by atoms with Gasteiger partial charge in [0.1, 0.15) is 0 Å². The highest BCUT2D eigenvalue weighted by molar-refractivity contribution is 5.98. The van der Waals surface area contributed by atoms with Crippen LogP contribution in [-0.4, -0.2) is 27.2 Å². The molecule has 0 aromatic heterocycles. The Kier molecular flexibility index (Phi) is 5.08. The number of hydrogen-bond donors (Lipinski definition) is 2. The van der Waals surface area contributed by atoms with Crippen molar-refractivity contribution in [2.24, 2.45) is 0 Å². The van der Waals surface area contributed by atoms with Crippen LogP contribution in [0.5, 0.6) is 17.2 Å². The zero-order valence-corrected chi connectivity index (χ0v) is 12.7. The number of ether oxygens (including phenoxy) is 3. The number of hydrogen-bond acceptors (Lipinski definition) is 5. The highest BCUT2D eigenvalue weighted by Crippen LogP contribution is 2.39. The summed E-state index contributed by atoms with van der Waals surface area (Å²) >= 11 is 0. The van der Waals surface area contributed by atoms with Crippen molar-refractivity contribution < 1.29 is 19.0 Å². The number of carbonyl (C=O) groups is 1. The molecule has 0 fully saturated rings. The fraction of sp³-hybridized carbons (Fsp3) is 0.188. The van der Waals surface area contributed by atoms with Crippen molar-refractivity contribution in [1.29, 1.82) is 0 Å². The molecule has 0 saturated heterocycles. The fourth-order valence-electron chi connectivity index (χ4n) is 2.00. The van der Waals surface area contributed by atoms with Gasteiger partial charge in [0.15, 0.2) is 11.5 Å². The maximum absolute atomic E-state index is 12.3. The first-order valence-electron chi connectivity index (χ1n) is 6.61. The van der Waals surface area contributed by atoms with Crippen molar-refractivity contribution in [2.45, 2.75) is 0 Å². The highest BCUT2D eigenvalue weighted by Gasteiger charge is 2.20. The summed E-state index contributed by atoms with van der Waals surface area (Å²) in [5.41, 5.74) is 6.56. The molecule has 1 amide bonds. The van der Waals surface area contributed by atoms with Gasteiger partial charge in [-0.25, -0.2) is 0 Å².